The number of carbonyl (C=O) groups is 1. The summed E-state index contributed by atoms with van der Waals surface area (Å²) in [7, 11) is -3.50. The van der Waals surface area contributed by atoms with Gasteiger partial charge in [0.05, 0.1) is 11.8 Å². The van der Waals surface area contributed by atoms with E-state index in [0.717, 1.165) is 74.7 Å². The predicted molar refractivity (Wildman–Crippen MR) is 138 cm³/mol. The average Bonchev–Trinajstić information content (AvgIpc) is 3.61. The average molecular weight is 555 g/mol. The van der Waals surface area contributed by atoms with Gasteiger partial charge >= 0.3 is 12.2 Å². The first-order chi connectivity index (χ1) is 17.9. The highest BCUT2D eigenvalue weighted by molar-refractivity contribution is 7.92. The van der Waals surface area contributed by atoms with Crippen molar-refractivity contribution in [2.45, 2.75) is 56.8 Å². The highest BCUT2D eigenvalue weighted by Gasteiger charge is 2.44. The number of sulfonamides is 1. The third-order valence-corrected chi connectivity index (χ3v) is 8.58. The van der Waals surface area contributed by atoms with Gasteiger partial charge in [0, 0.05) is 56.2 Å². The van der Waals surface area contributed by atoms with Crippen LogP contribution in [0.5, 0.6) is 0 Å². The Balaban J connectivity index is 1.28. The molecule has 0 unspecified atom stereocenters. The number of halogens is 3. The van der Waals surface area contributed by atoms with E-state index in [1.807, 2.05) is 0 Å². The van der Waals surface area contributed by atoms with Gasteiger partial charge < -0.3 is 9.80 Å². The van der Waals surface area contributed by atoms with Crippen LogP contribution in [0.3, 0.4) is 0 Å². The van der Waals surface area contributed by atoms with Crippen molar-refractivity contribution in [1.82, 2.24) is 19.6 Å². The largest absolute Gasteiger partial charge is 0.416 e. The zero-order valence-corrected chi connectivity index (χ0v) is 22.2. The van der Waals surface area contributed by atoms with Crippen molar-refractivity contribution < 1.29 is 26.4 Å². The van der Waals surface area contributed by atoms with Crippen LogP contribution in [0, 0.1) is 0 Å². The third-order valence-electron chi connectivity index (χ3n) is 8.00. The van der Waals surface area contributed by atoms with E-state index in [4.69, 9.17) is 0 Å². The van der Waals surface area contributed by atoms with E-state index in [1.165, 1.54) is 24.4 Å². The Morgan fingerprint density at radius 3 is 2.39 bits per heavy atom. The predicted octanol–water partition coefficient (Wildman–Crippen LogP) is 3.97. The summed E-state index contributed by atoms with van der Waals surface area (Å²) in [5, 5.41) is 4.04. The molecular formula is C25H33F3N6O3S. The number of hydrogen-bond donors (Lipinski definition) is 1. The van der Waals surface area contributed by atoms with Crippen LogP contribution in [-0.2, 0) is 22.7 Å². The molecule has 0 radical (unpaired) electrons. The molecule has 13 heteroatoms. The zero-order chi connectivity index (χ0) is 27.1. The number of piperidine rings is 1. The molecule has 1 aromatic heterocycles. The molecule has 1 N–H and O–H groups in total. The van der Waals surface area contributed by atoms with Gasteiger partial charge in [0.25, 0.3) is 0 Å². The summed E-state index contributed by atoms with van der Waals surface area (Å²) in [4.78, 5) is 19.2. The van der Waals surface area contributed by atoms with Crippen LogP contribution < -0.4 is 9.62 Å². The molecule has 0 atom stereocenters. The molecule has 1 amide bonds. The number of alkyl halides is 3. The van der Waals surface area contributed by atoms with Crippen molar-refractivity contribution in [2.24, 2.45) is 0 Å². The maximum absolute atomic E-state index is 13.5. The molecule has 3 saturated heterocycles. The molecule has 5 rings (SSSR count). The fourth-order valence-electron chi connectivity index (χ4n) is 6.07. The van der Waals surface area contributed by atoms with Gasteiger partial charge in [-0.15, -0.1) is 5.10 Å². The second-order valence-corrected chi connectivity index (χ2v) is 12.3. The van der Waals surface area contributed by atoms with E-state index in [9.17, 15) is 26.4 Å². The minimum atomic E-state index is -4.38. The van der Waals surface area contributed by atoms with E-state index >= 15 is 0 Å². The minimum absolute atomic E-state index is 0.0849. The minimum Gasteiger partial charge on any atom is -0.371 e. The number of rotatable bonds is 5. The fourth-order valence-corrected chi connectivity index (χ4v) is 6.56. The maximum Gasteiger partial charge on any atom is 0.416 e. The van der Waals surface area contributed by atoms with Gasteiger partial charge in [-0.2, -0.15) is 17.9 Å². The van der Waals surface area contributed by atoms with Crippen LogP contribution in [0.2, 0.25) is 0 Å². The first-order valence-electron chi connectivity index (χ1n) is 13.0. The van der Waals surface area contributed by atoms with E-state index in [1.54, 1.807) is 11.0 Å². The Bertz CT molecular complexity index is 1280. The molecule has 2 aromatic rings. The number of benzene rings is 1. The number of anilines is 2. The van der Waals surface area contributed by atoms with Gasteiger partial charge in [-0.05, 0) is 62.8 Å². The Hall–Kier alpha value is -2.80. The normalized spacial score (nSPS) is 20.4. The number of aromatic nitrogens is 2. The van der Waals surface area contributed by atoms with Crippen molar-refractivity contribution in [1.29, 1.82) is 0 Å². The first kappa shape index (κ1) is 26.8. The summed E-state index contributed by atoms with van der Waals surface area (Å²) in [5.41, 5.74) is 0.889. The lowest BCUT2D eigenvalue weighted by Gasteiger charge is -2.45. The molecule has 0 aliphatic carbocycles. The lowest BCUT2D eigenvalue weighted by molar-refractivity contribution is -0.137. The summed E-state index contributed by atoms with van der Waals surface area (Å²) in [5.74, 6) is 0.0849. The topological polar surface area (TPSA) is 90.8 Å². The van der Waals surface area contributed by atoms with E-state index in [0.29, 0.717) is 25.3 Å². The van der Waals surface area contributed by atoms with Crippen molar-refractivity contribution in [3.8, 4) is 0 Å². The molecule has 3 aliphatic rings. The highest BCUT2D eigenvalue weighted by Crippen LogP contribution is 2.41. The van der Waals surface area contributed by atoms with Gasteiger partial charge in [0.15, 0.2) is 5.82 Å². The standard InChI is InChI=1S/C25H33F3N6O3S/c1-38(36,37)30-22-7-14-34(29-22)23(35)32-15-9-24(10-16-32)8-4-13-33(24)18-19-5-6-20(25(26,27)28)17-21(19)31-11-2-3-12-31/h5-7,14,17H,2-4,8-13,15-16,18H2,1H3,(H,29,30). The first-order valence-corrected chi connectivity index (χ1v) is 14.9. The molecular weight excluding hydrogens is 521 g/mol. The lowest BCUT2D eigenvalue weighted by atomic mass is 9.84. The van der Waals surface area contributed by atoms with Gasteiger partial charge in [0.1, 0.15) is 0 Å². The second kappa shape index (κ2) is 10.1. The van der Waals surface area contributed by atoms with E-state index in [-0.39, 0.29) is 17.4 Å². The van der Waals surface area contributed by atoms with E-state index < -0.39 is 21.8 Å². The van der Waals surface area contributed by atoms with Gasteiger partial charge in [-0.25, -0.2) is 13.2 Å². The number of nitrogens with one attached hydrogen (secondary N) is 1. The summed E-state index contributed by atoms with van der Waals surface area (Å²) in [6.07, 6.45) is 3.55. The summed E-state index contributed by atoms with van der Waals surface area (Å²) < 4.78 is 66.7. The molecule has 1 spiro atoms. The van der Waals surface area contributed by atoms with Crippen molar-refractivity contribution in [3.63, 3.8) is 0 Å². The van der Waals surface area contributed by atoms with Crippen LogP contribution in [0.4, 0.5) is 29.5 Å². The number of likely N-dealkylation sites (tertiary alicyclic amines) is 2. The summed E-state index contributed by atoms with van der Waals surface area (Å²) >= 11 is 0. The fraction of sp³-hybridized carbons (Fsp3) is 0.600. The van der Waals surface area contributed by atoms with Crippen LogP contribution >= 0.6 is 0 Å². The quantitative estimate of drug-likeness (QED) is 0.602. The zero-order valence-electron chi connectivity index (χ0n) is 21.4. The third kappa shape index (κ3) is 5.63. The second-order valence-electron chi connectivity index (χ2n) is 10.6. The van der Waals surface area contributed by atoms with Gasteiger partial charge in [0.2, 0.25) is 10.0 Å². The molecule has 38 heavy (non-hydrogen) atoms. The monoisotopic (exact) mass is 554 g/mol. The van der Waals surface area contributed by atoms with Crippen LogP contribution in [0.15, 0.2) is 30.5 Å². The highest BCUT2D eigenvalue weighted by atomic mass is 32.2. The summed E-state index contributed by atoms with van der Waals surface area (Å²) in [6.45, 7) is 4.04. The Labute approximate surface area is 220 Å². The molecule has 208 valence electrons. The number of hydrogen-bond acceptors (Lipinski definition) is 6. The number of nitrogens with zero attached hydrogens (tertiary/aromatic N) is 5. The smallest absolute Gasteiger partial charge is 0.371 e. The Kier molecular flexibility index (Phi) is 7.10. The Morgan fingerprint density at radius 2 is 1.74 bits per heavy atom. The molecule has 0 bridgehead atoms. The molecule has 3 fully saturated rings. The molecule has 4 heterocycles. The Morgan fingerprint density at radius 1 is 1.03 bits per heavy atom. The van der Waals surface area contributed by atoms with Gasteiger partial charge in [-0.1, -0.05) is 6.07 Å². The lowest BCUT2D eigenvalue weighted by Crippen LogP contribution is -2.53. The van der Waals surface area contributed by atoms with Crippen molar-refractivity contribution >= 4 is 27.6 Å². The maximum atomic E-state index is 13.5. The van der Waals surface area contributed by atoms with Crippen LogP contribution in [0.1, 0.15) is 49.7 Å². The number of amides is 1. The molecule has 1 aromatic carbocycles. The van der Waals surface area contributed by atoms with Crippen LogP contribution in [0.25, 0.3) is 0 Å². The van der Waals surface area contributed by atoms with Crippen LogP contribution in [-0.4, -0.2) is 78.5 Å². The summed E-state index contributed by atoms with van der Waals surface area (Å²) in [6, 6.07) is 5.26. The van der Waals surface area contributed by atoms with Crippen molar-refractivity contribution in [3.05, 3.63) is 41.6 Å². The molecule has 0 saturated carbocycles. The molecule has 3 aliphatic heterocycles. The number of carbonyl (C=O) groups excluding carboxylic acids is 1. The van der Waals surface area contributed by atoms with E-state index in [2.05, 4.69) is 19.6 Å². The van der Waals surface area contributed by atoms with Gasteiger partial charge in [-0.3, -0.25) is 9.62 Å². The molecule has 9 nitrogen and oxygen atoms in total. The SMILES string of the molecule is CS(=O)(=O)Nc1ccn(C(=O)N2CCC3(CCCN3Cc3ccc(C(F)(F)F)cc3N3CCCC3)CC2)n1. The van der Waals surface area contributed by atoms with Crippen molar-refractivity contribution in [2.75, 3.05) is 48.6 Å².